The molecule has 2 N–H and O–H groups in total. The maximum absolute atomic E-state index is 12.5. The summed E-state index contributed by atoms with van der Waals surface area (Å²) in [5.74, 6) is 0. The second-order valence-corrected chi connectivity index (χ2v) is 5.29. The first-order valence-electron chi connectivity index (χ1n) is 5.71. The van der Waals surface area contributed by atoms with Gasteiger partial charge in [0.25, 0.3) is 0 Å². The van der Waals surface area contributed by atoms with Crippen LogP contribution in [0.4, 0.5) is 13.2 Å². The molecule has 0 fully saturated rings. The van der Waals surface area contributed by atoms with E-state index >= 15 is 0 Å². The van der Waals surface area contributed by atoms with Crippen LogP contribution < -0.4 is 5.73 Å². The molecule has 0 aliphatic heterocycles. The smallest absolute Gasteiger partial charge is 0.443 e. The molecule has 0 spiro atoms. The molecule has 0 aliphatic rings. The number of fused-ring (bicyclic) bond motifs is 1. The largest absolute Gasteiger partial charge is 0.464 e. The third-order valence-electron chi connectivity index (χ3n) is 2.92. The number of alkyl halides is 3. The van der Waals surface area contributed by atoms with Crippen molar-refractivity contribution in [2.75, 3.05) is 0 Å². The lowest BCUT2D eigenvalue weighted by atomic mass is 10.1. The Labute approximate surface area is 115 Å². The van der Waals surface area contributed by atoms with Crippen molar-refractivity contribution in [3.05, 3.63) is 52.2 Å². The van der Waals surface area contributed by atoms with Gasteiger partial charge in [-0.2, -0.15) is 13.2 Å². The highest BCUT2D eigenvalue weighted by atomic mass is 32.1. The van der Waals surface area contributed by atoms with Crippen LogP contribution in [-0.4, -0.2) is 4.98 Å². The summed E-state index contributed by atoms with van der Waals surface area (Å²) in [6.07, 6.45) is -1.80. The number of para-hydroxylation sites is 1. The maximum atomic E-state index is 12.5. The zero-order valence-electron chi connectivity index (χ0n) is 10.0. The summed E-state index contributed by atoms with van der Waals surface area (Å²) in [7, 11) is 0. The van der Waals surface area contributed by atoms with E-state index in [1.165, 1.54) is 12.5 Å². The van der Waals surface area contributed by atoms with Gasteiger partial charge in [-0.1, -0.05) is 18.2 Å². The first-order chi connectivity index (χ1) is 9.47. The van der Waals surface area contributed by atoms with Crippen molar-refractivity contribution < 1.29 is 17.6 Å². The molecule has 1 unspecified atom stereocenters. The topological polar surface area (TPSA) is 52.0 Å². The Bertz CT molecular complexity index is 747. The lowest BCUT2D eigenvalue weighted by Crippen LogP contribution is -2.09. The number of halogens is 3. The Morgan fingerprint density at radius 1 is 1.25 bits per heavy atom. The van der Waals surface area contributed by atoms with E-state index in [1.54, 1.807) is 6.07 Å². The van der Waals surface area contributed by atoms with Crippen LogP contribution in [0.15, 0.2) is 41.1 Å². The fraction of sp³-hybridized carbons (Fsp3) is 0.154. The Morgan fingerprint density at radius 2 is 2.00 bits per heavy atom. The van der Waals surface area contributed by atoms with Crippen LogP contribution in [0.1, 0.15) is 21.5 Å². The molecule has 1 atom stereocenters. The van der Waals surface area contributed by atoms with Gasteiger partial charge in [-0.15, -0.1) is 11.3 Å². The second kappa shape index (κ2) is 4.60. The fourth-order valence-corrected chi connectivity index (χ4v) is 2.76. The third-order valence-corrected chi connectivity index (χ3v) is 4.04. The van der Waals surface area contributed by atoms with E-state index in [2.05, 4.69) is 4.98 Å². The van der Waals surface area contributed by atoms with E-state index in [-0.39, 0.29) is 0 Å². The second-order valence-electron chi connectivity index (χ2n) is 4.23. The number of hydrogen-bond donors (Lipinski definition) is 1. The molecular formula is C13H9F3N2OS. The molecule has 2 aromatic heterocycles. The fourth-order valence-electron chi connectivity index (χ4n) is 1.95. The molecule has 1 aromatic carbocycles. The summed E-state index contributed by atoms with van der Waals surface area (Å²) in [5.41, 5.74) is 7.33. The van der Waals surface area contributed by atoms with E-state index in [0.717, 1.165) is 5.39 Å². The van der Waals surface area contributed by atoms with Gasteiger partial charge in [0.1, 0.15) is 5.58 Å². The molecule has 0 saturated carbocycles. The SMILES string of the molecule is NC(c1cnc(C(F)(F)F)s1)c1coc2ccccc12. The van der Waals surface area contributed by atoms with Crippen molar-refractivity contribution in [2.45, 2.75) is 12.2 Å². The van der Waals surface area contributed by atoms with Crippen molar-refractivity contribution in [2.24, 2.45) is 5.73 Å². The predicted molar refractivity (Wildman–Crippen MR) is 69.4 cm³/mol. The number of benzene rings is 1. The predicted octanol–water partition coefficient (Wildman–Crippen LogP) is 3.96. The summed E-state index contributed by atoms with van der Waals surface area (Å²) in [5, 5.41) is -0.0993. The summed E-state index contributed by atoms with van der Waals surface area (Å²) in [6, 6.07) is 6.54. The Hall–Kier alpha value is -1.86. The lowest BCUT2D eigenvalue weighted by molar-refractivity contribution is -0.137. The van der Waals surface area contributed by atoms with Crippen LogP contribution in [0.25, 0.3) is 11.0 Å². The van der Waals surface area contributed by atoms with Gasteiger partial charge in [0, 0.05) is 22.0 Å². The van der Waals surface area contributed by atoms with Crippen molar-refractivity contribution in [1.29, 1.82) is 0 Å². The van der Waals surface area contributed by atoms with Crippen LogP contribution >= 0.6 is 11.3 Å². The number of nitrogens with two attached hydrogens (primary N) is 1. The molecule has 7 heteroatoms. The van der Waals surface area contributed by atoms with Crippen LogP contribution in [0.3, 0.4) is 0 Å². The van der Waals surface area contributed by atoms with Crippen LogP contribution in [-0.2, 0) is 6.18 Å². The van der Waals surface area contributed by atoms with Crippen molar-refractivity contribution in [3.63, 3.8) is 0 Å². The standard InChI is InChI=1S/C13H9F3N2OS/c14-13(15,16)12-18-5-10(20-12)11(17)8-6-19-9-4-2-1-3-7(8)9/h1-6,11H,17H2. The van der Waals surface area contributed by atoms with Gasteiger partial charge in [-0.25, -0.2) is 4.98 Å². The molecule has 0 radical (unpaired) electrons. The van der Waals surface area contributed by atoms with Gasteiger partial charge in [0.05, 0.1) is 12.3 Å². The van der Waals surface area contributed by atoms with Gasteiger partial charge in [-0.3, -0.25) is 0 Å². The zero-order chi connectivity index (χ0) is 14.3. The number of nitrogens with zero attached hydrogens (tertiary/aromatic N) is 1. The Morgan fingerprint density at radius 3 is 2.70 bits per heavy atom. The highest BCUT2D eigenvalue weighted by Gasteiger charge is 2.35. The zero-order valence-corrected chi connectivity index (χ0v) is 10.8. The van der Waals surface area contributed by atoms with Gasteiger partial charge in [-0.05, 0) is 6.07 Å². The average Bonchev–Trinajstić information content (AvgIpc) is 3.04. The first-order valence-corrected chi connectivity index (χ1v) is 6.53. The van der Waals surface area contributed by atoms with Crippen molar-refractivity contribution in [3.8, 4) is 0 Å². The molecule has 0 amide bonds. The minimum atomic E-state index is -4.44. The van der Waals surface area contributed by atoms with Crippen LogP contribution in [0, 0.1) is 0 Å². The van der Waals surface area contributed by atoms with Crippen molar-refractivity contribution in [1.82, 2.24) is 4.98 Å². The molecule has 3 nitrogen and oxygen atoms in total. The number of thiazole rings is 1. The average molecular weight is 298 g/mol. The number of hydrogen-bond acceptors (Lipinski definition) is 4. The van der Waals surface area contributed by atoms with Gasteiger partial charge in [0.15, 0.2) is 5.01 Å². The highest BCUT2D eigenvalue weighted by molar-refractivity contribution is 7.11. The number of aromatic nitrogens is 1. The highest BCUT2D eigenvalue weighted by Crippen LogP contribution is 2.36. The van der Waals surface area contributed by atoms with Crippen LogP contribution in [0.2, 0.25) is 0 Å². The number of rotatable bonds is 2. The Kier molecular flexibility index (Phi) is 3.02. The quantitative estimate of drug-likeness (QED) is 0.779. The summed E-state index contributed by atoms with van der Waals surface area (Å²) < 4.78 is 43.0. The number of furan rings is 1. The van der Waals surface area contributed by atoms with Crippen molar-refractivity contribution >= 4 is 22.3 Å². The van der Waals surface area contributed by atoms with E-state index in [4.69, 9.17) is 10.2 Å². The molecular weight excluding hydrogens is 289 g/mol. The van der Waals surface area contributed by atoms with Crippen LogP contribution in [0.5, 0.6) is 0 Å². The van der Waals surface area contributed by atoms with E-state index in [9.17, 15) is 13.2 Å². The van der Waals surface area contributed by atoms with Gasteiger partial charge < -0.3 is 10.2 Å². The molecule has 104 valence electrons. The molecule has 0 aliphatic carbocycles. The molecule has 3 rings (SSSR count). The minimum Gasteiger partial charge on any atom is -0.464 e. The van der Waals surface area contributed by atoms with E-state index < -0.39 is 17.2 Å². The monoisotopic (exact) mass is 298 g/mol. The summed E-state index contributed by atoms with van der Waals surface area (Å²) in [4.78, 5) is 3.73. The summed E-state index contributed by atoms with van der Waals surface area (Å²) in [6.45, 7) is 0. The molecule has 0 bridgehead atoms. The molecule has 3 aromatic rings. The Balaban J connectivity index is 2.00. The van der Waals surface area contributed by atoms with Gasteiger partial charge in [0.2, 0.25) is 0 Å². The molecule has 20 heavy (non-hydrogen) atoms. The van der Waals surface area contributed by atoms with Gasteiger partial charge >= 0.3 is 6.18 Å². The third kappa shape index (κ3) is 2.19. The normalized spacial score (nSPS) is 13.8. The summed E-state index contributed by atoms with van der Waals surface area (Å²) >= 11 is 0.552. The maximum Gasteiger partial charge on any atom is 0.443 e. The first kappa shape index (κ1) is 13.1. The van der Waals surface area contributed by atoms with E-state index in [0.29, 0.717) is 27.4 Å². The molecule has 0 saturated heterocycles. The lowest BCUT2D eigenvalue weighted by Gasteiger charge is -2.06. The van der Waals surface area contributed by atoms with E-state index in [1.807, 2.05) is 18.2 Å². The minimum absolute atomic E-state index is 0.351. The molecule has 2 heterocycles.